The lowest BCUT2D eigenvalue weighted by Gasteiger charge is -2.25. The van der Waals surface area contributed by atoms with Crippen molar-refractivity contribution < 1.29 is 0 Å². The van der Waals surface area contributed by atoms with E-state index in [9.17, 15) is 0 Å². The Labute approximate surface area is 107 Å². The van der Waals surface area contributed by atoms with Crippen LogP contribution in [0.3, 0.4) is 0 Å². The molecule has 2 rings (SSSR count). The summed E-state index contributed by atoms with van der Waals surface area (Å²) < 4.78 is 0. The van der Waals surface area contributed by atoms with E-state index in [0.29, 0.717) is 0 Å². The first-order chi connectivity index (χ1) is 8.16. The molecule has 1 aliphatic rings. The molecule has 4 heteroatoms. The third-order valence-corrected chi connectivity index (χ3v) is 4.32. The molecule has 0 radical (unpaired) electrons. The van der Waals surface area contributed by atoms with Gasteiger partial charge in [0, 0.05) is 16.8 Å². The van der Waals surface area contributed by atoms with Crippen LogP contribution in [-0.2, 0) is 0 Å². The fourth-order valence-electron chi connectivity index (χ4n) is 2.41. The quantitative estimate of drug-likeness (QED) is 0.656. The molecule has 0 saturated heterocycles. The number of anilines is 1. The monoisotopic (exact) mass is 251 g/mol. The molecule has 3 nitrogen and oxygen atoms in total. The van der Waals surface area contributed by atoms with E-state index in [1.54, 1.807) is 16.3 Å². The van der Waals surface area contributed by atoms with Gasteiger partial charge in [-0.1, -0.05) is 38.7 Å². The SMILES string of the molecule is C=C(CC1CCCCC1)N(N)c1ncc(C)s1. The number of hydrazine groups is 1. The van der Waals surface area contributed by atoms with Crippen molar-refractivity contribution in [3.05, 3.63) is 23.3 Å². The second-order valence-electron chi connectivity index (χ2n) is 4.90. The van der Waals surface area contributed by atoms with Crippen molar-refractivity contribution in [3.63, 3.8) is 0 Å². The first-order valence-corrected chi connectivity index (χ1v) is 7.13. The van der Waals surface area contributed by atoms with Crippen LogP contribution in [0.2, 0.25) is 0 Å². The number of nitrogens with zero attached hydrogens (tertiary/aromatic N) is 2. The Balaban J connectivity index is 1.90. The van der Waals surface area contributed by atoms with Gasteiger partial charge in [-0.05, 0) is 19.3 Å². The van der Waals surface area contributed by atoms with Gasteiger partial charge in [-0.25, -0.2) is 10.8 Å². The van der Waals surface area contributed by atoms with E-state index in [0.717, 1.165) is 23.2 Å². The smallest absolute Gasteiger partial charge is 0.204 e. The van der Waals surface area contributed by atoms with Crippen LogP contribution >= 0.6 is 11.3 Å². The van der Waals surface area contributed by atoms with Crippen molar-refractivity contribution in [2.75, 3.05) is 5.01 Å². The minimum Gasteiger partial charge on any atom is -0.258 e. The summed E-state index contributed by atoms with van der Waals surface area (Å²) in [6.45, 7) is 6.14. The Hall–Kier alpha value is -0.870. The molecule has 0 atom stereocenters. The molecular weight excluding hydrogens is 230 g/mol. The second kappa shape index (κ2) is 5.65. The topological polar surface area (TPSA) is 42.1 Å². The van der Waals surface area contributed by atoms with E-state index in [-0.39, 0.29) is 0 Å². The zero-order valence-corrected chi connectivity index (χ0v) is 11.3. The first-order valence-electron chi connectivity index (χ1n) is 6.32. The zero-order chi connectivity index (χ0) is 12.3. The van der Waals surface area contributed by atoms with Gasteiger partial charge < -0.3 is 0 Å². The van der Waals surface area contributed by atoms with Gasteiger partial charge in [-0.2, -0.15) is 0 Å². The lowest BCUT2D eigenvalue weighted by atomic mass is 9.86. The van der Waals surface area contributed by atoms with Crippen LogP contribution in [0.5, 0.6) is 0 Å². The van der Waals surface area contributed by atoms with Gasteiger partial charge in [0.2, 0.25) is 5.13 Å². The molecule has 17 heavy (non-hydrogen) atoms. The van der Waals surface area contributed by atoms with Crippen molar-refractivity contribution in [2.24, 2.45) is 11.8 Å². The van der Waals surface area contributed by atoms with E-state index in [1.165, 1.54) is 37.0 Å². The number of hydrogen-bond acceptors (Lipinski definition) is 4. The minimum atomic E-state index is 0.767. The van der Waals surface area contributed by atoms with E-state index in [2.05, 4.69) is 11.6 Å². The zero-order valence-electron chi connectivity index (χ0n) is 10.5. The summed E-state index contributed by atoms with van der Waals surface area (Å²) in [5.41, 5.74) is 0.992. The average Bonchev–Trinajstić information content (AvgIpc) is 2.76. The van der Waals surface area contributed by atoms with Gasteiger partial charge in [0.05, 0.1) is 0 Å². The third kappa shape index (κ3) is 3.30. The summed E-state index contributed by atoms with van der Waals surface area (Å²) in [6.07, 6.45) is 9.62. The van der Waals surface area contributed by atoms with Gasteiger partial charge in [-0.15, -0.1) is 11.3 Å². The molecule has 0 spiro atoms. The summed E-state index contributed by atoms with van der Waals surface area (Å²) in [5, 5.41) is 2.51. The van der Waals surface area contributed by atoms with Gasteiger partial charge in [0.1, 0.15) is 0 Å². The molecule has 0 aliphatic heterocycles. The third-order valence-electron chi connectivity index (χ3n) is 3.40. The van der Waals surface area contributed by atoms with E-state index in [4.69, 9.17) is 5.84 Å². The van der Waals surface area contributed by atoms with Gasteiger partial charge in [-0.3, -0.25) is 5.01 Å². The second-order valence-corrected chi connectivity index (χ2v) is 6.11. The maximum Gasteiger partial charge on any atom is 0.204 e. The molecule has 1 aromatic rings. The molecular formula is C13H21N3S. The standard InChI is InChI=1S/C13H21N3S/c1-10(8-12-6-4-3-5-7-12)16(14)13-15-9-11(2)17-13/h9,12H,1,3-8,14H2,2H3. The van der Waals surface area contributed by atoms with Crippen LogP contribution < -0.4 is 10.9 Å². The number of nitrogens with two attached hydrogens (primary N) is 1. The Morgan fingerprint density at radius 3 is 2.82 bits per heavy atom. The largest absolute Gasteiger partial charge is 0.258 e. The maximum atomic E-state index is 6.05. The van der Waals surface area contributed by atoms with E-state index < -0.39 is 0 Å². The van der Waals surface area contributed by atoms with Crippen LogP contribution in [-0.4, -0.2) is 4.98 Å². The molecule has 2 N–H and O–H groups in total. The predicted molar refractivity (Wildman–Crippen MR) is 73.8 cm³/mol. The Kier molecular flexibility index (Phi) is 4.18. The van der Waals surface area contributed by atoms with Gasteiger partial charge in [0.25, 0.3) is 0 Å². The molecule has 1 heterocycles. The minimum absolute atomic E-state index is 0.767. The van der Waals surface area contributed by atoms with Crippen LogP contribution in [0.25, 0.3) is 0 Å². The number of allylic oxidation sites excluding steroid dienone is 1. The molecule has 1 aromatic heterocycles. The first kappa shape index (κ1) is 12.6. The molecule has 0 bridgehead atoms. The van der Waals surface area contributed by atoms with Crippen LogP contribution in [0.1, 0.15) is 43.4 Å². The summed E-state index contributed by atoms with van der Waals surface area (Å²) in [6, 6.07) is 0. The van der Waals surface area contributed by atoms with Crippen LogP contribution in [0, 0.1) is 12.8 Å². The molecule has 0 amide bonds. The fourth-order valence-corrected chi connectivity index (χ4v) is 3.14. The van der Waals surface area contributed by atoms with Crippen molar-refractivity contribution in [1.82, 2.24) is 4.98 Å². The van der Waals surface area contributed by atoms with E-state index >= 15 is 0 Å². The van der Waals surface area contributed by atoms with Gasteiger partial charge in [0.15, 0.2) is 0 Å². The molecule has 1 aliphatic carbocycles. The number of aromatic nitrogens is 1. The van der Waals surface area contributed by atoms with Crippen molar-refractivity contribution in [2.45, 2.75) is 45.4 Å². The fraction of sp³-hybridized carbons (Fsp3) is 0.615. The Bertz CT molecular complexity index is 380. The Morgan fingerprint density at radius 1 is 1.53 bits per heavy atom. The highest BCUT2D eigenvalue weighted by atomic mass is 32.1. The van der Waals surface area contributed by atoms with E-state index in [1.807, 2.05) is 13.1 Å². The molecule has 0 unspecified atom stereocenters. The van der Waals surface area contributed by atoms with Crippen molar-refractivity contribution in [1.29, 1.82) is 0 Å². The number of aryl methyl sites for hydroxylation is 1. The number of thiazole rings is 1. The summed E-state index contributed by atoms with van der Waals surface area (Å²) in [4.78, 5) is 5.47. The highest BCUT2D eigenvalue weighted by Gasteiger charge is 2.17. The molecule has 1 fully saturated rings. The highest BCUT2D eigenvalue weighted by molar-refractivity contribution is 7.15. The van der Waals surface area contributed by atoms with Crippen LogP contribution in [0.15, 0.2) is 18.5 Å². The maximum absolute atomic E-state index is 6.05. The van der Waals surface area contributed by atoms with Gasteiger partial charge >= 0.3 is 0 Å². The molecule has 0 aromatic carbocycles. The number of hydrogen-bond donors (Lipinski definition) is 1. The summed E-state index contributed by atoms with van der Waals surface area (Å²) >= 11 is 1.62. The summed E-state index contributed by atoms with van der Waals surface area (Å²) in [7, 11) is 0. The van der Waals surface area contributed by atoms with Crippen LogP contribution in [0.4, 0.5) is 5.13 Å². The summed E-state index contributed by atoms with van der Waals surface area (Å²) in [5.74, 6) is 6.82. The lowest BCUT2D eigenvalue weighted by molar-refractivity contribution is 0.354. The lowest BCUT2D eigenvalue weighted by Crippen LogP contribution is -2.30. The van der Waals surface area contributed by atoms with Crippen molar-refractivity contribution in [3.8, 4) is 0 Å². The van der Waals surface area contributed by atoms with Crippen molar-refractivity contribution >= 4 is 16.5 Å². The predicted octanol–water partition coefficient (Wildman–Crippen LogP) is 3.62. The Morgan fingerprint density at radius 2 is 2.24 bits per heavy atom. The normalized spacial score (nSPS) is 17.1. The molecule has 94 valence electrons. The highest BCUT2D eigenvalue weighted by Crippen LogP contribution is 2.30. The number of rotatable bonds is 4. The molecule has 1 saturated carbocycles. The average molecular weight is 251 g/mol.